The van der Waals surface area contributed by atoms with Gasteiger partial charge in [-0.25, -0.2) is 13.1 Å². The summed E-state index contributed by atoms with van der Waals surface area (Å²) >= 11 is 0. The molecule has 5 N–H and O–H groups in total. The molecule has 0 saturated heterocycles. The molecule has 0 fully saturated rings. The highest BCUT2D eigenvalue weighted by molar-refractivity contribution is 7.89. The zero-order chi connectivity index (χ0) is 14.0. The Bertz CT molecular complexity index is 526. The van der Waals surface area contributed by atoms with E-state index in [4.69, 9.17) is 5.73 Å². The van der Waals surface area contributed by atoms with Gasteiger partial charge >= 0.3 is 0 Å². The highest BCUT2D eigenvalue weighted by atomic mass is 32.2. The molecule has 0 amide bonds. The van der Waals surface area contributed by atoms with Crippen LogP contribution in [-0.4, -0.2) is 32.7 Å². The zero-order valence-corrected chi connectivity index (χ0v) is 11.5. The van der Waals surface area contributed by atoms with Gasteiger partial charge in [0.2, 0.25) is 10.0 Å². The van der Waals surface area contributed by atoms with Gasteiger partial charge in [0.15, 0.2) is 0 Å². The van der Waals surface area contributed by atoms with E-state index in [1.54, 1.807) is 13.8 Å². The Kier molecular flexibility index (Phi) is 4.20. The Morgan fingerprint density at radius 1 is 1.39 bits per heavy atom. The van der Waals surface area contributed by atoms with Gasteiger partial charge in [0.05, 0.1) is 28.4 Å². The van der Waals surface area contributed by atoms with Crippen LogP contribution in [0.1, 0.15) is 13.8 Å². The van der Waals surface area contributed by atoms with E-state index >= 15 is 0 Å². The van der Waals surface area contributed by atoms with Crippen molar-refractivity contribution in [3.8, 4) is 0 Å². The molecule has 0 aliphatic carbocycles. The standard InChI is InChI=1S/C11H19N3O3S/c1-11(2,7-15)14-10-6-8(4-5-9(10)12)18(16,17)13-3/h4-6,13-15H,7,12H2,1-3H3. The van der Waals surface area contributed by atoms with E-state index in [0.29, 0.717) is 11.4 Å². The molecule has 6 nitrogen and oxygen atoms in total. The molecule has 0 unspecified atom stereocenters. The third-order valence-corrected chi connectivity index (χ3v) is 3.88. The predicted molar refractivity (Wildman–Crippen MR) is 71.9 cm³/mol. The number of aliphatic hydroxyl groups is 1. The minimum Gasteiger partial charge on any atom is -0.397 e. The van der Waals surface area contributed by atoms with Crippen LogP contribution in [0.4, 0.5) is 11.4 Å². The fraction of sp³-hybridized carbons (Fsp3) is 0.455. The number of aliphatic hydroxyl groups excluding tert-OH is 1. The van der Waals surface area contributed by atoms with Crippen LogP contribution in [0.15, 0.2) is 23.1 Å². The maximum absolute atomic E-state index is 11.7. The number of nitrogen functional groups attached to an aromatic ring is 1. The van der Waals surface area contributed by atoms with Crippen LogP contribution in [0.3, 0.4) is 0 Å². The number of sulfonamides is 1. The molecule has 18 heavy (non-hydrogen) atoms. The van der Waals surface area contributed by atoms with E-state index in [-0.39, 0.29) is 11.5 Å². The lowest BCUT2D eigenvalue weighted by atomic mass is 10.1. The van der Waals surface area contributed by atoms with E-state index in [1.165, 1.54) is 25.2 Å². The molecule has 0 radical (unpaired) electrons. The monoisotopic (exact) mass is 273 g/mol. The molecule has 102 valence electrons. The van der Waals surface area contributed by atoms with Gasteiger partial charge in [0, 0.05) is 0 Å². The second-order valence-electron chi connectivity index (χ2n) is 4.62. The van der Waals surface area contributed by atoms with Gasteiger partial charge in [0.25, 0.3) is 0 Å². The lowest BCUT2D eigenvalue weighted by Gasteiger charge is -2.26. The van der Waals surface area contributed by atoms with E-state index in [9.17, 15) is 13.5 Å². The lowest BCUT2D eigenvalue weighted by Crippen LogP contribution is -2.35. The summed E-state index contributed by atoms with van der Waals surface area (Å²) in [5, 5.41) is 12.2. The lowest BCUT2D eigenvalue weighted by molar-refractivity contribution is 0.234. The van der Waals surface area contributed by atoms with Crippen molar-refractivity contribution in [1.82, 2.24) is 4.72 Å². The van der Waals surface area contributed by atoms with Crippen molar-refractivity contribution in [2.75, 3.05) is 24.7 Å². The molecule has 1 aromatic carbocycles. The number of nitrogens with one attached hydrogen (secondary N) is 2. The van der Waals surface area contributed by atoms with Gasteiger partial charge in [-0.2, -0.15) is 0 Å². The molecular formula is C11H19N3O3S. The Balaban J connectivity index is 3.18. The molecule has 0 aromatic heterocycles. The SMILES string of the molecule is CNS(=O)(=O)c1ccc(N)c(NC(C)(C)CO)c1. The maximum atomic E-state index is 11.7. The Morgan fingerprint density at radius 3 is 2.50 bits per heavy atom. The van der Waals surface area contributed by atoms with Gasteiger partial charge < -0.3 is 16.2 Å². The number of hydrogen-bond donors (Lipinski definition) is 4. The van der Waals surface area contributed by atoms with Gasteiger partial charge in [-0.1, -0.05) is 0 Å². The average Bonchev–Trinajstić information content (AvgIpc) is 2.31. The first-order chi connectivity index (χ1) is 8.22. The van der Waals surface area contributed by atoms with Crippen molar-refractivity contribution in [1.29, 1.82) is 0 Å². The van der Waals surface area contributed by atoms with E-state index < -0.39 is 15.6 Å². The summed E-state index contributed by atoms with van der Waals surface area (Å²) in [6.45, 7) is 3.47. The fourth-order valence-corrected chi connectivity index (χ4v) is 2.09. The molecule has 0 aliphatic rings. The fourth-order valence-electron chi connectivity index (χ4n) is 1.33. The van der Waals surface area contributed by atoms with Gasteiger partial charge in [-0.05, 0) is 39.1 Å². The van der Waals surface area contributed by atoms with E-state index in [2.05, 4.69) is 10.0 Å². The number of benzene rings is 1. The van der Waals surface area contributed by atoms with E-state index in [0.717, 1.165) is 0 Å². The van der Waals surface area contributed by atoms with Crippen LogP contribution in [0.5, 0.6) is 0 Å². The Hall–Kier alpha value is -1.31. The molecule has 0 saturated carbocycles. The first-order valence-electron chi connectivity index (χ1n) is 5.44. The molecule has 0 spiro atoms. The molecule has 7 heteroatoms. The highest BCUT2D eigenvalue weighted by Crippen LogP contribution is 2.25. The van der Waals surface area contributed by atoms with Crippen LogP contribution >= 0.6 is 0 Å². The summed E-state index contributed by atoms with van der Waals surface area (Å²) < 4.78 is 25.6. The summed E-state index contributed by atoms with van der Waals surface area (Å²) in [7, 11) is -2.16. The number of anilines is 2. The quantitative estimate of drug-likeness (QED) is 0.580. The zero-order valence-electron chi connectivity index (χ0n) is 10.7. The van der Waals surface area contributed by atoms with Crippen LogP contribution in [0, 0.1) is 0 Å². The largest absolute Gasteiger partial charge is 0.397 e. The van der Waals surface area contributed by atoms with Crippen molar-refractivity contribution in [3.05, 3.63) is 18.2 Å². The van der Waals surface area contributed by atoms with Gasteiger partial charge in [-0.3, -0.25) is 0 Å². The molecule has 0 bridgehead atoms. The summed E-state index contributed by atoms with van der Waals surface area (Å²) in [6, 6.07) is 4.39. The summed E-state index contributed by atoms with van der Waals surface area (Å²) in [5.74, 6) is 0. The smallest absolute Gasteiger partial charge is 0.240 e. The van der Waals surface area contributed by atoms with Gasteiger partial charge in [-0.15, -0.1) is 0 Å². The Morgan fingerprint density at radius 2 is 2.00 bits per heavy atom. The molecule has 0 heterocycles. The van der Waals surface area contributed by atoms with Gasteiger partial charge in [0.1, 0.15) is 0 Å². The molecule has 1 rings (SSSR count). The second-order valence-corrected chi connectivity index (χ2v) is 6.51. The van der Waals surface area contributed by atoms with Crippen molar-refractivity contribution in [2.45, 2.75) is 24.3 Å². The maximum Gasteiger partial charge on any atom is 0.240 e. The highest BCUT2D eigenvalue weighted by Gasteiger charge is 2.19. The number of rotatable bonds is 5. The normalized spacial score (nSPS) is 12.4. The summed E-state index contributed by atoms with van der Waals surface area (Å²) in [4.78, 5) is 0.121. The minimum absolute atomic E-state index is 0.102. The van der Waals surface area contributed by atoms with E-state index in [1.807, 2.05) is 0 Å². The van der Waals surface area contributed by atoms with Crippen LogP contribution in [-0.2, 0) is 10.0 Å². The van der Waals surface area contributed by atoms with Crippen molar-refractivity contribution in [3.63, 3.8) is 0 Å². The topological polar surface area (TPSA) is 104 Å². The predicted octanol–water partition coefficient (Wildman–Crippen LogP) is 0.360. The number of hydrogen-bond acceptors (Lipinski definition) is 5. The van der Waals surface area contributed by atoms with Crippen molar-refractivity contribution >= 4 is 21.4 Å². The average molecular weight is 273 g/mol. The number of nitrogens with two attached hydrogens (primary N) is 1. The van der Waals surface area contributed by atoms with Crippen LogP contribution < -0.4 is 15.8 Å². The Labute approximate surface area is 107 Å². The molecule has 0 atom stereocenters. The molecule has 1 aromatic rings. The van der Waals surface area contributed by atoms with Crippen molar-refractivity contribution in [2.24, 2.45) is 0 Å². The third kappa shape index (κ3) is 3.34. The molecule has 0 aliphatic heterocycles. The molecular weight excluding hydrogens is 254 g/mol. The second kappa shape index (κ2) is 5.13. The van der Waals surface area contributed by atoms with Crippen LogP contribution in [0.2, 0.25) is 0 Å². The minimum atomic E-state index is -3.51. The first kappa shape index (κ1) is 14.7. The van der Waals surface area contributed by atoms with Crippen LogP contribution in [0.25, 0.3) is 0 Å². The van der Waals surface area contributed by atoms with Crippen molar-refractivity contribution < 1.29 is 13.5 Å². The summed E-state index contributed by atoms with van der Waals surface area (Å²) in [5.41, 5.74) is 6.09. The first-order valence-corrected chi connectivity index (χ1v) is 6.92. The summed E-state index contributed by atoms with van der Waals surface area (Å²) in [6.07, 6.45) is 0. The third-order valence-electron chi connectivity index (χ3n) is 2.47.